The van der Waals surface area contributed by atoms with Gasteiger partial charge < -0.3 is 9.15 Å². The second-order valence-corrected chi connectivity index (χ2v) is 4.79. The number of aryl methyl sites for hydroxylation is 1. The highest BCUT2D eigenvalue weighted by Gasteiger charge is 2.03. The van der Waals surface area contributed by atoms with Crippen LogP contribution in [-0.2, 0) is 0 Å². The molecule has 20 heavy (non-hydrogen) atoms. The molecule has 0 saturated heterocycles. The molecule has 0 atom stereocenters. The number of hydrogen-bond acceptors (Lipinski definition) is 4. The second-order valence-electron chi connectivity index (χ2n) is 4.79. The minimum Gasteiger partial charge on any atom is -0.481 e. The quantitative estimate of drug-likeness (QED) is 0.633. The normalized spacial score (nSPS) is 10.4. The van der Waals surface area contributed by atoms with Crippen LogP contribution in [0.4, 0.5) is 0 Å². The maximum absolute atomic E-state index is 11.3. The zero-order valence-electron chi connectivity index (χ0n) is 11.9. The second kappa shape index (κ2) is 6.27. The number of hydrogen-bond donors (Lipinski definition) is 0. The summed E-state index contributed by atoms with van der Waals surface area (Å²) in [5.41, 5.74) is 1.08. The Hall–Kier alpha value is -2.25. The smallest absolute Gasteiger partial charge is 0.336 e. The Morgan fingerprint density at radius 2 is 2.05 bits per heavy atom. The summed E-state index contributed by atoms with van der Waals surface area (Å²) in [4.78, 5) is 13.3. The predicted octanol–water partition coefficient (Wildman–Crippen LogP) is 2.05. The van der Waals surface area contributed by atoms with Crippen molar-refractivity contribution in [3.8, 4) is 17.6 Å². The maximum Gasteiger partial charge on any atom is 0.336 e. The van der Waals surface area contributed by atoms with E-state index in [4.69, 9.17) is 9.15 Å². The van der Waals surface area contributed by atoms with E-state index in [1.54, 1.807) is 6.07 Å². The van der Waals surface area contributed by atoms with Crippen LogP contribution in [-0.4, -0.2) is 32.1 Å². The van der Waals surface area contributed by atoms with Crippen LogP contribution in [0.3, 0.4) is 0 Å². The topological polar surface area (TPSA) is 42.7 Å². The Morgan fingerprint density at radius 3 is 2.80 bits per heavy atom. The molecule has 0 radical (unpaired) electrons. The number of ether oxygens (including phenoxy) is 1. The van der Waals surface area contributed by atoms with Crippen LogP contribution in [0.25, 0.3) is 11.0 Å². The van der Waals surface area contributed by atoms with Crippen molar-refractivity contribution in [3.63, 3.8) is 0 Å². The molecule has 2 rings (SSSR count). The molecular formula is C16H17NO3. The lowest BCUT2D eigenvalue weighted by atomic mass is 10.1. The fourth-order valence-corrected chi connectivity index (χ4v) is 1.78. The predicted molar refractivity (Wildman–Crippen MR) is 79.0 cm³/mol. The summed E-state index contributed by atoms with van der Waals surface area (Å²) in [5, 5.41) is 0.913. The van der Waals surface area contributed by atoms with Crippen LogP contribution in [0, 0.1) is 18.8 Å². The number of fused-ring (bicyclic) bond motifs is 1. The third-order valence-electron chi connectivity index (χ3n) is 2.75. The Balaban J connectivity index is 2.11. The molecule has 2 aromatic rings. The Bertz CT molecular complexity index is 720. The Labute approximate surface area is 118 Å². The fraction of sp³-hybridized carbons (Fsp3) is 0.312. The highest BCUT2D eigenvalue weighted by molar-refractivity contribution is 5.81. The first kappa shape index (κ1) is 14.2. The number of benzene rings is 1. The molecule has 0 spiro atoms. The van der Waals surface area contributed by atoms with Crippen molar-refractivity contribution in [2.24, 2.45) is 0 Å². The van der Waals surface area contributed by atoms with Crippen molar-refractivity contribution in [2.45, 2.75) is 6.92 Å². The molecule has 1 aromatic carbocycles. The number of rotatable bonds is 3. The first-order valence-electron chi connectivity index (χ1n) is 6.34. The van der Waals surface area contributed by atoms with Gasteiger partial charge in [-0.05, 0) is 38.7 Å². The van der Waals surface area contributed by atoms with E-state index in [1.807, 2.05) is 38.1 Å². The van der Waals surface area contributed by atoms with Crippen LogP contribution < -0.4 is 10.4 Å². The van der Waals surface area contributed by atoms with Crippen molar-refractivity contribution >= 4 is 11.0 Å². The van der Waals surface area contributed by atoms with Crippen molar-refractivity contribution < 1.29 is 9.15 Å². The van der Waals surface area contributed by atoms with E-state index in [1.165, 1.54) is 6.07 Å². The van der Waals surface area contributed by atoms with Gasteiger partial charge >= 0.3 is 5.63 Å². The van der Waals surface area contributed by atoms with Gasteiger partial charge in [-0.15, -0.1) is 0 Å². The molecule has 0 saturated carbocycles. The first-order chi connectivity index (χ1) is 9.56. The van der Waals surface area contributed by atoms with Crippen molar-refractivity contribution in [3.05, 3.63) is 40.2 Å². The van der Waals surface area contributed by atoms with Gasteiger partial charge in [0.15, 0.2) is 0 Å². The molecular weight excluding hydrogens is 254 g/mol. The lowest BCUT2D eigenvalue weighted by Crippen LogP contribution is -2.11. The minimum absolute atomic E-state index is 0.315. The summed E-state index contributed by atoms with van der Waals surface area (Å²) in [6, 6.07) is 6.94. The van der Waals surface area contributed by atoms with Gasteiger partial charge in [-0.1, -0.05) is 11.8 Å². The molecule has 0 aliphatic rings. The summed E-state index contributed by atoms with van der Waals surface area (Å²) in [7, 11) is 3.92. The van der Waals surface area contributed by atoms with Gasteiger partial charge in [-0.25, -0.2) is 4.79 Å². The van der Waals surface area contributed by atoms with Gasteiger partial charge in [-0.3, -0.25) is 4.90 Å². The molecule has 0 amide bonds. The molecule has 0 aliphatic heterocycles. The maximum atomic E-state index is 11.3. The van der Waals surface area contributed by atoms with E-state index in [-0.39, 0.29) is 5.63 Å². The van der Waals surface area contributed by atoms with Crippen LogP contribution >= 0.6 is 0 Å². The number of nitrogens with zero attached hydrogens (tertiary/aromatic N) is 1. The van der Waals surface area contributed by atoms with Crippen molar-refractivity contribution in [1.29, 1.82) is 0 Å². The minimum atomic E-state index is -0.349. The van der Waals surface area contributed by atoms with Crippen molar-refractivity contribution in [2.75, 3.05) is 27.2 Å². The van der Waals surface area contributed by atoms with E-state index in [9.17, 15) is 4.79 Å². The molecule has 1 aromatic heterocycles. The SMILES string of the molecule is Cc1cc(=O)oc2cc(OCC#CCN(C)C)ccc12. The van der Waals surface area contributed by atoms with Crippen molar-refractivity contribution in [1.82, 2.24) is 4.90 Å². The molecule has 0 unspecified atom stereocenters. The van der Waals surface area contributed by atoms with Crippen LogP contribution in [0.1, 0.15) is 5.56 Å². The van der Waals surface area contributed by atoms with Gasteiger partial charge in [-0.2, -0.15) is 0 Å². The summed E-state index contributed by atoms with van der Waals surface area (Å²) in [6.07, 6.45) is 0. The summed E-state index contributed by atoms with van der Waals surface area (Å²) < 4.78 is 10.7. The van der Waals surface area contributed by atoms with Crippen LogP contribution in [0.5, 0.6) is 5.75 Å². The van der Waals surface area contributed by atoms with Gasteiger partial charge in [0.25, 0.3) is 0 Å². The Kier molecular flexibility index (Phi) is 4.44. The molecule has 0 N–H and O–H groups in total. The summed E-state index contributed by atoms with van der Waals surface area (Å²) in [6.45, 7) is 2.90. The zero-order valence-corrected chi connectivity index (χ0v) is 11.9. The highest BCUT2D eigenvalue weighted by atomic mass is 16.5. The van der Waals surface area contributed by atoms with E-state index >= 15 is 0 Å². The van der Waals surface area contributed by atoms with Gasteiger partial charge in [0, 0.05) is 17.5 Å². The molecule has 0 aliphatic carbocycles. The Morgan fingerprint density at radius 1 is 1.25 bits per heavy atom. The van der Waals surface area contributed by atoms with E-state index < -0.39 is 0 Å². The standard InChI is InChI=1S/C16H17NO3/c1-12-10-16(18)20-15-11-13(6-7-14(12)15)19-9-5-4-8-17(2)3/h6-7,10-11H,8-9H2,1-3H3. The van der Waals surface area contributed by atoms with E-state index in [0.717, 1.165) is 10.9 Å². The molecule has 0 fully saturated rings. The molecule has 104 valence electrons. The average molecular weight is 271 g/mol. The molecule has 4 nitrogen and oxygen atoms in total. The molecule has 1 heterocycles. The third kappa shape index (κ3) is 3.62. The van der Waals surface area contributed by atoms with Gasteiger partial charge in [0.05, 0.1) is 6.54 Å². The average Bonchev–Trinajstić information content (AvgIpc) is 2.37. The van der Waals surface area contributed by atoms with Crippen LogP contribution in [0.2, 0.25) is 0 Å². The lowest BCUT2D eigenvalue weighted by Gasteiger charge is -2.05. The van der Waals surface area contributed by atoms with Gasteiger partial charge in [0.2, 0.25) is 0 Å². The highest BCUT2D eigenvalue weighted by Crippen LogP contribution is 2.21. The largest absolute Gasteiger partial charge is 0.481 e. The summed E-state index contributed by atoms with van der Waals surface area (Å²) in [5.74, 6) is 6.56. The molecule has 4 heteroatoms. The van der Waals surface area contributed by atoms with E-state index in [0.29, 0.717) is 24.5 Å². The monoisotopic (exact) mass is 271 g/mol. The first-order valence-corrected chi connectivity index (χ1v) is 6.34. The fourth-order valence-electron chi connectivity index (χ4n) is 1.78. The molecule has 0 bridgehead atoms. The van der Waals surface area contributed by atoms with Gasteiger partial charge in [0.1, 0.15) is 17.9 Å². The van der Waals surface area contributed by atoms with Crippen LogP contribution in [0.15, 0.2) is 33.5 Å². The zero-order chi connectivity index (χ0) is 14.5. The lowest BCUT2D eigenvalue weighted by molar-refractivity contribution is 0.369. The van der Waals surface area contributed by atoms with E-state index in [2.05, 4.69) is 11.8 Å². The summed E-state index contributed by atoms with van der Waals surface area (Å²) >= 11 is 0. The third-order valence-corrected chi connectivity index (χ3v) is 2.75.